The largest absolute Gasteiger partial charge is 0.327 e. The minimum Gasteiger partial charge on any atom is -0.327 e. The third-order valence-electron chi connectivity index (χ3n) is 5.42. The van der Waals surface area contributed by atoms with Gasteiger partial charge in [-0.2, -0.15) is 0 Å². The van der Waals surface area contributed by atoms with E-state index < -0.39 is 0 Å². The van der Waals surface area contributed by atoms with Gasteiger partial charge >= 0.3 is 0 Å². The Hall–Kier alpha value is -0.0800. The maximum atomic E-state index is 6.22. The average molecular weight is 254 g/mol. The van der Waals surface area contributed by atoms with Crippen molar-refractivity contribution in [2.45, 2.75) is 78.8 Å². The van der Waals surface area contributed by atoms with Crippen LogP contribution >= 0.6 is 0 Å². The second-order valence-electron chi connectivity index (χ2n) is 7.00. The summed E-state index contributed by atoms with van der Waals surface area (Å²) in [4.78, 5) is 0. The molecule has 1 aliphatic rings. The quantitative estimate of drug-likeness (QED) is 0.760. The van der Waals surface area contributed by atoms with Crippen LogP contribution in [-0.4, -0.2) is 18.6 Å². The molecule has 0 amide bonds. The van der Waals surface area contributed by atoms with Crippen molar-refractivity contribution in [3.8, 4) is 0 Å². The molecule has 4 atom stereocenters. The van der Waals surface area contributed by atoms with E-state index >= 15 is 0 Å². The zero-order chi connectivity index (χ0) is 13.8. The number of nitrogens with one attached hydrogen (secondary N) is 1. The van der Waals surface area contributed by atoms with E-state index in [-0.39, 0.29) is 0 Å². The van der Waals surface area contributed by atoms with Gasteiger partial charge in [-0.05, 0) is 50.0 Å². The van der Waals surface area contributed by atoms with Gasteiger partial charge < -0.3 is 11.1 Å². The molecule has 18 heavy (non-hydrogen) atoms. The Morgan fingerprint density at radius 1 is 1.33 bits per heavy atom. The molecule has 0 bridgehead atoms. The van der Waals surface area contributed by atoms with Gasteiger partial charge in [-0.1, -0.05) is 40.5 Å². The van der Waals surface area contributed by atoms with E-state index in [1.165, 1.54) is 32.1 Å². The Labute approximate surface area is 114 Å². The monoisotopic (exact) mass is 254 g/mol. The Bertz CT molecular complexity index is 237. The van der Waals surface area contributed by atoms with Crippen LogP contribution < -0.4 is 11.1 Å². The van der Waals surface area contributed by atoms with E-state index in [9.17, 15) is 0 Å². The van der Waals surface area contributed by atoms with Crippen LogP contribution in [0.25, 0.3) is 0 Å². The minimum atomic E-state index is 0.370. The lowest BCUT2D eigenvalue weighted by Gasteiger charge is -2.47. The molecule has 0 heterocycles. The first-order chi connectivity index (χ1) is 8.39. The molecule has 2 heteroatoms. The second-order valence-corrected chi connectivity index (χ2v) is 7.00. The van der Waals surface area contributed by atoms with Crippen LogP contribution in [0.1, 0.15) is 66.7 Å². The SMILES string of the molecule is CCCCC(C)NCC1CCC(N)C(C)C1(C)C. The average Bonchev–Trinajstić information content (AvgIpc) is 2.32. The number of nitrogens with two attached hydrogens (primary N) is 1. The van der Waals surface area contributed by atoms with E-state index in [0.29, 0.717) is 23.4 Å². The standard InChI is InChI=1S/C16H34N2/c1-6-7-8-12(2)18-11-14-9-10-15(17)13(3)16(14,4)5/h12-15,18H,6-11,17H2,1-5H3. The molecule has 1 saturated carbocycles. The van der Waals surface area contributed by atoms with Crippen LogP contribution in [0.4, 0.5) is 0 Å². The maximum Gasteiger partial charge on any atom is 0.00698 e. The van der Waals surface area contributed by atoms with Gasteiger partial charge in [-0.25, -0.2) is 0 Å². The second kappa shape index (κ2) is 6.91. The van der Waals surface area contributed by atoms with Gasteiger partial charge in [0.05, 0.1) is 0 Å². The van der Waals surface area contributed by atoms with Gasteiger partial charge in [-0.3, -0.25) is 0 Å². The van der Waals surface area contributed by atoms with Crippen molar-refractivity contribution in [2.75, 3.05) is 6.54 Å². The molecule has 1 aliphatic carbocycles. The third-order valence-corrected chi connectivity index (χ3v) is 5.42. The van der Waals surface area contributed by atoms with Crippen molar-refractivity contribution in [1.29, 1.82) is 0 Å². The van der Waals surface area contributed by atoms with Crippen molar-refractivity contribution >= 4 is 0 Å². The van der Waals surface area contributed by atoms with E-state index in [4.69, 9.17) is 5.73 Å². The van der Waals surface area contributed by atoms with Gasteiger partial charge in [0.2, 0.25) is 0 Å². The number of unbranched alkanes of at least 4 members (excludes halogenated alkanes) is 1. The fourth-order valence-corrected chi connectivity index (χ4v) is 3.26. The molecule has 0 radical (unpaired) electrons. The van der Waals surface area contributed by atoms with Gasteiger partial charge in [0.25, 0.3) is 0 Å². The normalized spacial score (nSPS) is 33.3. The summed E-state index contributed by atoms with van der Waals surface area (Å²) in [6.45, 7) is 12.9. The molecule has 0 aliphatic heterocycles. The van der Waals surface area contributed by atoms with E-state index in [2.05, 4.69) is 39.9 Å². The van der Waals surface area contributed by atoms with Crippen LogP contribution in [0.2, 0.25) is 0 Å². The Morgan fingerprint density at radius 2 is 2.00 bits per heavy atom. The summed E-state index contributed by atoms with van der Waals surface area (Å²) >= 11 is 0. The van der Waals surface area contributed by atoms with Crippen molar-refractivity contribution < 1.29 is 0 Å². The zero-order valence-corrected chi connectivity index (χ0v) is 13.1. The summed E-state index contributed by atoms with van der Waals surface area (Å²) in [6, 6.07) is 1.06. The summed E-state index contributed by atoms with van der Waals surface area (Å²) in [5.41, 5.74) is 6.59. The summed E-state index contributed by atoms with van der Waals surface area (Å²) in [7, 11) is 0. The van der Waals surface area contributed by atoms with Crippen molar-refractivity contribution in [2.24, 2.45) is 23.0 Å². The molecule has 0 spiro atoms. The smallest absolute Gasteiger partial charge is 0.00698 e. The predicted molar refractivity (Wildman–Crippen MR) is 80.6 cm³/mol. The van der Waals surface area contributed by atoms with Gasteiger partial charge in [0, 0.05) is 12.1 Å². The number of hydrogen-bond acceptors (Lipinski definition) is 2. The van der Waals surface area contributed by atoms with E-state index in [1.807, 2.05) is 0 Å². The highest BCUT2D eigenvalue weighted by molar-refractivity contribution is 4.94. The molecule has 1 fully saturated rings. The molecule has 0 saturated heterocycles. The lowest BCUT2D eigenvalue weighted by molar-refractivity contribution is 0.0524. The van der Waals surface area contributed by atoms with Crippen LogP contribution in [0.3, 0.4) is 0 Å². The van der Waals surface area contributed by atoms with Crippen LogP contribution in [0.5, 0.6) is 0 Å². The molecule has 0 aromatic carbocycles. The Morgan fingerprint density at radius 3 is 2.61 bits per heavy atom. The molecule has 0 aromatic rings. The molecular weight excluding hydrogens is 220 g/mol. The first-order valence-corrected chi connectivity index (χ1v) is 7.88. The highest BCUT2D eigenvalue weighted by Gasteiger charge is 2.41. The first kappa shape index (κ1) is 16.0. The van der Waals surface area contributed by atoms with Crippen molar-refractivity contribution in [3.63, 3.8) is 0 Å². The Kier molecular flexibility index (Phi) is 6.13. The number of hydrogen-bond donors (Lipinski definition) is 2. The van der Waals surface area contributed by atoms with Crippen LogP contribution in [-0.2, 0) is 0 Å². The minimum absolute atomic E-state index is 0.370. The maximum absolute atomic E-state index is 6.22. The third kappa shape index (κ3) is 3.96. The van der Waals surface area contributed by atoms with Gasteiger partial charge in [0.15, 0.2) is 0 Å². The molecule has 108 valence electrons. The fourth-order valence-electron chi connectivity index (χ4n) is 3.26. The van der Waals surface area contributed by atoms with Gasteiger partial charge in [0.1, 0.15) is 0 Å². The first-order valence-electron chi connectivity index (χ1n) is 7.88. The fraction of sp³-hybridized carbons (Fsp3) is 1.00. The molecule has 1 rings (SSSR count). The lowest BCUT2D eigenvalue weighted by Crippen LogP contribution is -2.50. The van der Waals surface area contributed by atoms with Gasteiger partial charge in [-0.15, -0.1) is 0 Å². The molecule has 4 unspecified atom stereocenters. The molecule has 0 aromatic heterocycles. The molecular formula is C16H34N2. The summed E-state index contributed by atoms with van der Waals surface area (Å²) in [5.74, 6) is 1.40. The zero-order valence-electron chi connectivity index (χ0n) is 13.1. The van der Waals surface area contributed by atoms with Crippen LogP contribution in [0, 0.1) is 17.3 Å². The highest BCUT2D eigenvalue weighted by Crippen LogP contribution is 2.43. The van der Waals surface area contributed by atoms with E-state index in [0.717, 1.165) is 12.5 Å². The summed E-state index contributed by atoms with van der Waals surface area (Å²) in [5, 5.41) is 3.74. The van der Waals surface area contributed by atoms with Crippen molar-refractivity contribution in [1.82, 2.24) is 5.32 Å². The van der Waals surface area contributed by atoms with E-state index in [1.54, 1.807) is 0 Å². The lowest BCUT2D eigenvalue weighted by atomic mass is 9.61. The topological polar surface area (TPSA) is 38.0 Å². The summed E-state index contributed by atoms with van der Waals surface area (Å²) in [6.07, 6.45) is 6.42. The Balaban J connectivity index is 2.42. The number of rotatable bonds is 6. The summed E-state index contributed by atoms with van der Waals surface area (Å²) < 4.78 is 0. The predicted octanol–water partition coefficient (Wildman–Crippen LogP) is 3.55. The van der Waals surface area contributed by atoms with Crippen molar-refractivity contribution in [3.05, 3.63) is 0 Å². The highest BCUT2D eigenvalue weighted by atomic mass is 14.9. The van der Waals surface area contributed by atoms with Crippen LogP contribution in [0.15, 0.2) is 0 Å². The molecule has 2 nitrogen and oxygen atoms in total. The molecule has 3 N–H and O–H groups in total.